The van der Waals surface area contributed by atoms with Crippen LogP contribution in [0.5, 0.6) is 0 Å². The summed E-state index contributed by atoms with van der Waals surface area (Å²) >= 11 is 0. The van der Waals surface area contributed by atoms with Gasteiger partial charge in [0, 0.05) is 0 Å². The van der Waals surface area contributed by atoms with E-state index in [1.54, 1.807) is 0 Å². The maximum absolute atomic E-state index is 13.0. The molecule has 0 spiro atoms. The number of anilines is 1. The van der Waals surface area contributed by atoms with Gasteiger partial charge in [-0.25, -0.2) is 13.2 Å². The molecule has 1 aromatic rings. The first-order valence-corrected chi connectivity index (χ1v) is 3.65. The van der Waals surface area contributed by atoms with Crippen LogP contribution in [0.2, 0.25) is 0 Å². The van der Waals surface area contributed by atoms with Crippen molar-refractivity contribution in [2.75, 3.05) is 5.73 Å². The molecule has 1 rings (SSSR count). The van der Waals surface area contributed by atoms with Crippen LogP contribution in [-0.4, -0.2) is 0 Å². The number of benzene rings is 1. The second-order valence-electron chi connectivity index (χ2n) is 2.72. The summed E-state index contributed by atoms with van der Waals surface area (Å²) in [6, 6.07) is 0.937. The van der Waals surface area contributed by atoms with Gasteiger partial charge in [-0.2, -0.15) is 18.4 Å². The lowest BCUT2D eigenvalue weighted by molar-refractivity contribution is -0.142. The largest absolute Gasteiger partial charge is 0.422 e. The summed E-state index contributed by atoms with van der Waals surface area (Å²) in [6.07, 6.45) is -5.45. The summed E-state index contributed by atoms with van der Waals surface area (Å²) in [4.78, 5) is 0. The van der Waals surface area contributed by atoms with Gasteiger partial charge in [0.2, 0.25) is 0 Å². The lowest BCUT2D eigenvalue weighted by Crippen LogP contribution is -2.16. The molecule has 0 saturated heterocycles. The zero-order chi connectivity index (χ0) is 12.7. The minimum Gasteiger partial charge on any atom is -0.395 e. The van der Waals surface area contributed by atoms with Crippen molar-refractivity contribution in [2.45, 2.75) is 6.18 Å². The van der Waals surface area contributed by atoms with Gasteiger partial charge in [-0.15, -0.1) is 0 Å². The van der Waals surface area contributed by atoms with E-state index in [1.165, 1.54) is 0 Å². The predicted molar refractivity (Wildman–Crippen MR) is 40.4 cm³/mol. The number of halogens is 6. The lowest BCUT2D eigenvalue weighted by atomic mass is 10.1. The molecule has 0 amide bonds. The second-order valence-corrected chi connectivity index (χ2v) is 2.72. The molecule has 0 saturated carbocycles. The molecule has 0 unspecified atom stereocenters. The van der Waals surface area contributed by atoms with Crippen molar-refractivity contribution in [1.82, 2.24) is 0 Å². The third-order valence-electron chi connectivity index (χ3n) is 1.75. The molecule has 86 valence electrons. The Labute approximate surface area is 84.9 Å². The fourth-order valence-corrected chi connectivity index (χ4v) is 1.04. The van der Waals surface area contributed by atoms with E-state index in [4.69, 9.17) is 11.0 Å². The van der Waals surface area contributed by atoms with Gasteiger partial charge in [-0.3, -0.25) is 0 Å². The second kappa shape index (κ2) is 3.59. The van der Waals surface area contributed by atoms with E-state index in [0.717, 1.165) is 6.07 Å². The summed E-state index contributed by atoms with van der Waals surface area (Å²) < 4.78 is 75.1. The molecule has 0 atom stereocenters. The Kier molecular flexibility index (Phi) is 2.73. The Morgan fingerprint density at radius 1 is 1.00 bits per heavy atom. The molecule has 2 N–H and O–H groups in total. The van der Waals surface area contributed by atoms with Gasteiger partial charge in [0.25, 0.3) is 0 Å². The van der Waals surface area contributed by atoms with Gasteiger partial charge in [-0.05, 0) is 0 Å². The van der Waals surface area contributed by atoms with Gasteiger partial charge < -0.3 is 5.73 Å². The van der Waals surface area contributed by atoms with Crippen LogP contribution in [0.1, 0.15) is 11.1 Å². The van der Waals surface area contributed by atoms with E-state index >= 15 is 0 Å². The highest BCUT2D eigenvalue weighted by atomic mass is 19.4. The summed E-state index contributed by atoms with van der Waals surface area (Å²) in [5.41, 5.74) is -0.356. The number of nitriles is 1. The van der Waals surface area contributed by atoms with Gasteiger partial charge in [0.15, 0.2) is 17.5 Å². The van der Waals surface area contributed by atoms with Gasteiger partial charge >= 0.3 is 6.18 Å². The van der Waals surface area contributed by atoms with E-state index < -0.39 is 40.4 Å². The lowest BCUT2D eigenvalue weighted by Gasteiger charge is -2.12. The molecule has 0 radical (unpaired) electrons. The average Bonchev–Trinajstić information content (AvgIpc) is 2.13. The van der Waals surface area contributed by atoms with Crippen LogP contribution in [0.4, 0.5) is 32.0 Å². The monoisotopic (exact) mass is 240 g/mol. The van der Waals surface area contributed by atoms with Gasteiger partial charge in [0.1, 0.15) is 17.2 Å². The van der Waals surface area contributed by atoms with Crippen molar-refractivity contribution in [2.24, 2.45) is 0 Å². The zero-order valence-corrected chi connectivity index (χ0v) is 7.29. The summed E-state index contributed by atoms with van der Waals surface area (Å²) in [5.74, 6) is -6.77. The Bertz CT molecular complexity index is 485. The zero-order valence-electron chi connectivity index (χ0n) is 7.29. The predicted octanol–water partition coefficient (Wildman–Crippen LogP) is 2.58. The van der Waals surface area contributed by atoms with Gasteiger partial charge in [-0.1, -0.05) is 0 Å². The molecule has 0 heterocycles. The van der Waals surface area contributed by atoms with Crippen molar-refractivity contribution in [1.29, 1.82) is 5.26 Å². The number of nitrogens with two attached hydrogens (primary N) is 1. The maximum Gasteiger partial charge on any atom is 0.422 e. The van der Waals surface area contributed by atoms with Crippen LogP contribution in [0.25, 0.3) is 0 Å². The molecule has 0 bridgehead atoms. The Hall–Kier alpha value is -1.91. The Morgan fingerprint density at radius 2 is 1.50 bits per heavy atom. The number of hydrogen-bond acceptors (Lipinski definition) is 2. The molecule has 0 aliphatic rings. The minimum atomic E-state index is -5.45. The molecule has 1 aromatic carbocycles. The number of alkyl halides is 3. The fourth-order valence-electron chi connectivity index (χ4n) is 1.04. The number of rotatable bonds is 0. The van der Waals surface area contributed by atoms with Crippen molar-refractivity contribution in [3.05, 3.63) is 28.6 Å². The summed E-state index contributed by atoms with van der Waals surface area (Å²) in [5, 5.41) is 8.28. The molecular formula is C8H2F6N2. The number of hydrogen-bond donors (Lipinski definition) is 1. The molecule has 2 nitrogen and oxygen atoms in total. The van der Waals surface area contributed by atoms with Crippen LogP contribution in [0.3, 0.4) is 0 Å². The Balaban J connectivity index is 3.78. The first-order valence-electron chi connectivity index (χ1n) is 3.65. The van der Waals surface area contributed by atoms with Crippen molar-refractivity contribution < 1.29 is 26.3 Å². The smallest absolute Gasteiger partial charge is 0.395 e. The third kappa shape index (κ3) is 1.64. The van der Waals surface area contributed by atoms with Crippen LogP contribution in [-0.2, 0) is 6.18 Å². The molecule has 0 aromatic heterocycles. The summed E-state index contributed by atoms with van der Waals surface area (Å²) in [6.45, 7) is 0. The minimum absolute atomic E-state index is 0.937. The molecule has 16 heavy (non-hydrogen) atoms. The van der Waals surface area contributed by atoms with E-state index in [2.05, 4.69) is 0 Å². The molecular weight excluding hydrogens is 238 g/mol. The fraction of sp³-hybridized carbons (Fsp3) is 0.125. The van der Waals surface area contributed by atoms with Crippen molar-refractivity contribution in [3.63, 3.8) is 0 Å². The highest BCUT2D eigenvalue weighted by Crippen LogP contribution is 2.37. The highest BCUT2D eigenvalue weighted by Gasteiger charge is 2.41. The van der Waals surface area contributed by atoms with Crippen LogP contribution < -0.4 is 5.73 Å². The topological polar surface area (TPSA) is 49.8 Å². The maximum atomic E-state index is 13.0. The SMILES string of the molecule is N#Cc1c(N)c(F)c(F)c(C(F)(F)F)c1F. The quantitative estimate of drug-likeness (QED) is 0.430. The normalized spacial score (nSPS) is 11.3. The summed E-state index contributed by atoms with van der Waals surface area (Å²) in [7, 11) is 0. The first-order chi connectivity index (χ1) is 7.21. The standard InChI is InChI=1S/C8H2F6N2/c9-4-2(1-15)7(16)6(11)5(10)3(4)8(12,13)14/h16H2. The van der Waals surface area contributed by atoms with Crippen LogP contribution in [0, 0.1) is 28.8 Å². The van der Waals surface area contributed by atoms with E-state index in [9.17, 15) is 26.3 Å². The molecule has 8 heteroatoms. The number of nitrogens with zero attached hydrogens (tertiary/aromatic N) is 1. The van der Waals surface area contributed by atoms with Crippen molar-refractivity contribution >= 4 is 5.69 Å². The van der Waals surface area contributed by atoms with E-state index in [1.807, 2.05) is 0 Å². The average molecular weight is 240 g/mol. The van der Waals surface area contributed by atoms with Crippen LogP contribution in [0.15, 0.2) is 0 Å². The van der Waals surface area contributed by atoms with Gasteiger partial charge in [0.05, 0.1) is 5.69 Å². The molecule has 0 aliphatic heterocycles. The van der Waals surface area contributed by atoms with E-state index in [0.29, 0.717) is 0 Å². The van der Waals surface area contributed by atoms with Crippen molar-refractivity contribution in [3.8, 4) is 6.07 Å². The molecule has 0 fully saturated rings. The Morgan fingerprint density at radius 3 is 1.88 bits per heavy atom. The van der Waals surface area contributed by atoms with Crippen LogP contribution >= 0.6 is 0 Å². The van der Waals surface area contributed by atoms with E-state index in [-0.39, 0.29) is 0 Å². The first kappa shape index (κ1) is 12.2. The highest BCUT2D eigenvalue weighted by molar-refractivity contribution is 5.58. The molecule has 0 aliphatic carbocycles. The number of nitrogen functional groups attached to an aromatic ring is 1. The third-order valence-corrected chi connectivity index (χ3v) is 1.75.